The number of hydrogen-bond donors (Lipinski definition) is 1. The number of likely N-dealkylation sites (tertiary alicyclic amines) is 1. The van der Waals surface area contributed by atoms with E-state index in [1.54, 1.807) is 0 Å². The second-order valence-corrected chi connectivity index (χ2v) is 5.93. The van der Waals surface area contributed by atoms with Gasteiger partial charge in [0.2, 0.25) is 0 Å². The van der Waals surface area contributed by atoms with Crippen LogP contribution in [0.5, 0.6) is 5.75 Å². The van der Waals surface area contributed by atoms with E-state index < -0.39 is 0 Å². The van der Waals surface area contributed by atoms with Crippen LogP contribution in [0.15, 0.2) is 24.3 Å². The predicted octanol–water partition coefficient (Wildman–Crippen LogP) is 3.04. The van der Waals surface area contributed by atoms with Crippen molar-refractivity contribution >= 4 is 0 Å². The van der Waals surface area contributed by atoms with Gasteiger partial charge in [-0.1, -0.05) is 26.0 Å². The largest absolute Gasteiger partial charge is 0.492 e. The third-order valence-corrected chi connectivity index (χ3v) is 4.85. The van der Waals surface area contributed by atoms with Gasteiger partial charge in [0, 0.05) is 19.6 Å². The van der Waals surface area contributed by atoms with E-state index >= 15 is 0 Å². The summed E-state index contributed by atoms with van der Waals surface area (Å²) >= 11 is 0. The summed E-state index contributed by atoms with van der Waals surface area (Å²) in [5.74, 6) is 0.943. The first kappa shape index (κ1) is 15.3. The number of nitrogens with zero attached hydrogens (tertiary/aromatic N) is 1. The van der Waals surface area contributed by atoms with Crippen LogP contribution >= 0.6 is 0 Å². The summed E-state index contributed by atoms with van der Waals surface area (Å²) in [6.45, 7) is 9.48. The van der Waals surface area contributed by atoms with Crippen molar-refractivity contribution in [2.75, 3.05) is 26.2 Å². The highest BCUT2D eigenvalue weighted by Crippen LogP contribution is 2.36. The van der Waals surface area contributed by atoms with Gasteiger partial charge in [0.05, 0.1) is 0 Å². The second kappa shape index (κ2) is 7.09. The summed E-state index contributed by atoms with van der Waals surface area (Å²) < 4.78 is 5.82. The summed E-state index contributed by atoms with van der Waals surface area (Å²) in [7, 11) is 0. The van der Waals surface area contributed by atoms with E-state index in [4.69, 9.17) is 10.5 Å². The average Bonchev–Trinajstić information content (AvgIpc) is 2.92. The van der Waals surface area contributed by atoms with Crippen molar-refractivity contribution in [3.05, 3.63) is 29.8 Å². The molecule has 0 unspecified atom stereocenters. The van der Waals surface area contributed by atoms with Crippen LogP contribution < -0.4 is 10.5 Å². The standard InChI is InChI=1S/C17H28N2O/c1-3-17(4-2)9-10-19(14-17)11-12-20-16-7-5-15(13-18)6-8-16/h5-8H,3-4,9-14,18H2,1-2H3. The molecule has 1 heterocycles. The Morgan fingerprint density at radius 2 is 1.90 bits per heavy atom. The van der Waals surface area contributed by atoms with E-state index in [0.717, 1.165) is 24.5 Å². The van der Waals surface area contributed by atoms with Crippen LogP contribution in [0.1, 0.15) is 38.7 Å². The molecule has 1 aromatic rings. The molecule has 1 aliphatic rings. The third kappa shape index (κ3) is 3.74. The smallest absolute Gasteiger partial charge is 0.119 e. The molecule has 0 atom stereocenters. The highest BCUT2D eigenvalue weighted by atomic mass is 16.5. The highest BCUT2D eigenvalue weighted by Gasteiger charge is 2.34. The van der Waals surface area contributed by atoms with Gasteiger partial charge in [-0.25, -0.2) is 0 Å². The Morgan fingerprint density at radius 3 is 2.45 bits per heavy atom. The molecule has 1 saturated heterocycles. The highest BCUT2D eigenvalue weighted by molar-refractivity contribution is 5.27. The second-order valence-electron chi connectivity index (χ2n) is 5.93. The molecule has 0 saturated carbocycles. The number of benzene rings is 1. The minimum Gasteiger partial charge on any atom is -0.492 e. The number of hydrogen-bond acceptors (Lipinski definition) is 3. The van der Waals surface area contributed by atoms with Gasteiger partial charge < -0.3 is 10.5 Å². The Hall–Kier alpha value is -1.06. The summed E-state index contributed by atoms with van der Waals surface area (Å²) in [4.78, 5) is 2.54. The minimum absolute atomic E-state index is 0.558. The van der Waals surface area contributed by atoms with Crippen molar-refractivity contribution in [3.63, 3.8) is 0 Å². The molecule has 1 aliphatic heterocycles. The molecule has 1 fully saturated rings. The molecular weight excluding hydrogens is 248 g/mol. The van der Waals surface area contributed by atoms with Crippen molar-refractivity contribution in [2.24, 2.45) is 11.1 Å². The molecule has 20 heavy (non-hydrogen) atoms. The van der Waals surface area contributed by atoms with Crippen LogP contribution in [-0.4, -0.2) is 31.1 Å². The van der Waals surface area contributed by atoms with Gasteiger partial charge in [0.1, 0.15) is 12.4 Å². The topological polar surface area (TPSA) is 38.5 Å². The monoisotopic (exact) mass is 276 g/mol. The molecular formula is C17H28N2O. The maximum Gasteiger partial charge on any atom is 0.119 e. The van der Waals surface area contributed by atoms with Gasteiger partial charge in [0.15, 0.2) is 0 Å². The minimum atomic E-state index is 0.558. The van der Waals surface area contributed by atoms with Crippen molar-refractivity contribution in [3.8, 4) is 5.75 Å². The van der Waals surface area contributed by atoms with Crippen LogP contribution in [0.3, 0.4) is 0 Å². The lowest BCUT2D eigenvalue weighted by molar-refractivity contribution is 0.204. The van der Waals surface area contributed by atoms with Gasteiger partial charge in [0.25, 0.3) is 0 Å². The average molecular weight is 276 g/mol. The fourth-order valence-corrected chi connectivity index (χ4v) is 3.06. The number of nitrogens with two attached hydrogens (primary N) is 1. The van der Waals surface area contributed by atoms with Crippen molar-refractivity contribution < 1.29 is 4.74 Å². The lowest BCUT2D eigenvalue weighted by atomic mass is 9.82. The lowest BCUT2D eigenvalue weighted by Gasteiger charge is -2.26. The summed E-state index contributed by atoms with van der Waals surface area (Å²) in [6, 6.07) is 8.08. The molecule has 1 aromatic carbocycles. The van der Waals surface area contributed by atoms with E-state index in [9.17, 15) is 0 Å². The lowest BCUT2D eigenvalue weighted by Crippen LogP contribution is -2.29. The van der Waals surface area contributed by atoms with Crippen molar-refractivity contribution in [1.29, 1.82) is 0 Å². The van der Waals surface area contributed by atoms with Crippen LogP contribution in [-0.2, 0) is 6.54 Å². The predicted molar refractivity (Wildman–Crippen MR) is 83.9 cm³/mol. The SMILES string of the molecule is CCC1(CC)CCN(CCOc2ccc(CN)cc2)C1. The zero-order valence-corrected chi connectivity index (χ0v) is 12.9. The van der Waals surface area contributed by atoms with Crippen LogP contribution in [0.25, 0.3) is 0 Å². The molecule has 3 heteroatoms. The maximum atomic E-state index is 5.82. The Morgan fingerprint density at radius 1 is 1.20 bits per heavy atom. The van der Waals surface area contributed by atoms with Gasteiger partial charge in [-0.2, -0.15) is 0 Å². The van der Waals surface area contributed by atoms with E-state index in [-0.39, 0.29) is 0 Å². The molecule has 0 aliphatic carbocycles. The molecule has 0 bridgehead atoms. The Bertz CT molecular complexity index is 398. The van der Waals surface area contributed by atoms with E-state index in [0.29, 0.717) is 12.0 Å². The first-order valence-electron chi connectivity index (χ1n) is 7.85. The fourth-order valence-electron chi connectivity index (χ4n) is 3.06. The molecule has 2 rings (SSSR count). The zero-order valence-electron chi connectivity index (χ0n) is 12.9. The molecule has 3 nitrogen and oxygen atoms in total. The molecule has 0 spiro atoms. The van der Waals surface area contributed by atoms with E-state index in [2.05, 4.69) is 18.7 Å². The van der Waals surface area contributed by atoms with Crippen LogP contribution in [0.4, 0.5) is 0 Å². The Labute approximate surface area is 123 Å². The normalized spacial score (nSPS) is 18.4. The van der Waals surface area contributed by atoms with Gasteiger partial charge in [-0.3, -0.25) is 4.90 Å². The van der Waals surface area contributed by atoms with Crippen LogP contribution in [0, 0.1) is 5.41 Å². The van der Waals surface area contributed by atoms with E-state index in [1.807, 2.05) is 24.3 Å². The van der Waals surface area contributed by atoms with E-state index in [1.165, 1.54) is 32.4 Å². The van der Waals surface area contributed by atoms with Crippen molar-refractivity contribution in [1.82, 2.24) is 4.90 Å². The number of ether oxygens (including phenoxy) is 1. The first-order valence-corrected chi connectivity index (χ1v) is 7.85. The molecule has 112 valence electrons. The van der Waals surface area contributed by atoms with Gasteiger partial charge >= 0.3 is 0 Å². The van der Waals surface area contributed by atoms with Crippen LogP contribution in [0.2, 0.25) is 0 Å². The molecule has 2 N–H and O–H groups in total. The molecule has 0 aromatic heterocycles. The third-order valence-electron chi connectivity index (χ3n) is 4.85. The maximum absolute atomic E-state index is 5.82. The van der Waals surface area contributed by atoms with Gasteiger partial charge in [-0.15, -0.1) is 0 Å². The Kier molecular flexibility index (Phi) is 5.44. The molecule has 0 amide bonds. The fraction of sp³-hybridized carbons (Fsp3) is 0.647. The molecule has 0 radical (unpaired) electrons. The summed E-state index contributed by atoms with van der Waals surface area (Å²) in [6.07, 6.45) is 3.92. The van der Waals surface area contributed by atoms with Gasteiger partial charge in [-0.05, 0) is 48.9 Å². The van der Waals surface area contributed by atoms with Crippen molar-refractivity contribution in [2.45, 2.75) is 39.7 Å². The summed E-state index contributed by atoms with van der Waals surface area (Å²) in [5, 5.41) is 0. The number of rotatable bonds is 7. The summed E-state index contributed by atoms with van der Waals surface area (Å²) in [5.41, 5.74) is 7.29. The first-order chi connectivity index (χ1) is 9.71. The Balaban J connectivity index is 1.73. The quantitative estimate of drug-likeness (QED) is 0.832. The zero-order chi connectivity index (χ0) is 14.4.